The molecule has 0 aliphatic rings. The largest absolute Gasteiger partial charge is 0.475 e. The Bertz CT molecular complexity index is 331. The van der Waals surface area contributed by atoms with E-state index < -0.39 is 0 Å². The van der Waals surface area contributed by atoms with Gasteiger partial charge in [-0.15, -0.1) is 0 Å². The highest BCUT2D eigenvalue weighted by molar-refractivity contribution is 5.37. The zero-order valence-electron chi connectivity index (χ0n) is 10.9. The molecular weight excluding hydrogens is 218 g/mol. The first kappa shape index (κ1) is 13.7. The summed E-state index contributed by atoms with van der Waals surface area (Å²) in [4.78, 5) is 8.20. The molecule has 0 amide bonds. The van der Waals surface area contributed by atoms with Crippen LogP contribution < -0.4 is 10.1 Å². The Labute approximate surface area is 103 Å². The molecule has 17 heavy (non-hydrogen) atoms. The summed E-state index contributed by atoms with van der Waals surface area (Å²) in [5, 5.41) is 3.28. The van der Waals surface area contributed by atoms with Gasteiger partial charge in [-0.2, -0.15) is 0 Å². The number of hydrogen-bond acceptors (Lipinski definition) is 5. The topological polar surface area (TPSA) is 56.3 Å². The lowest BCUT2D eigenvalue weighted by Gasteiger charge is -2.14. The Balaban J connectivity index is 2.53. The third-order valence-electron chi connectivity index (χ3n) is 2.15. The van der Waals surface area contributed by atoms with Crippen molar-refractivity contribution in [3.8, 4) is 5.88 Å². The maximum absolute atomic E-state index is 5.50. The second-order valence-electron chi connectivity index (χ2n) is 4.23. The van der Waals surface area contributed by atoms with Gasteiger partial charge in [0.2, 0.25) is 5.88 Å². The van der Waals surface area contributed by atoms with Crippen molar-refractivity contribution in [1.29, 1.82) is 0 Å². The smallest absolute Gasteiger partial charge is 0.218 e. The lowest BCUT2D eigenvalue weighted by atomic mass is 10.2. The minimum absolute atomic E-state index is 0.115. The van der Waals surface area contributed by atoms with E-state index in [1.54, 1.807) is 7.11 Å². The Morgan fingerprint density at radius 1 is 1.29 bits per heavy atom. The van der Waals surface area contributed by atoms with Crippen LogP contribution in [0, 0.1) is 0 Å². The second kappa shape index (κ2) is 7.06. The van der Waals surface area contributed by atoms with Crippen molar-refractivity contribution in [3.63, 3.8) is 0 Å². The van der Waals surface area contributed by atoms with Gasteiger partial charge in [0.05, 0.1) is 6.10 Å². The third kappa shape index (κ3) is 5.49. The number of anilines is 1. The van der Waals surface area contributed by atoms with Gasteiger partial charge in [-0.25, -0.2) is 9.97 Å². The van der Waals surface area contributed by atoms with Crippen molar-refractivity contribution in [2.45, 2.75) is 39.3 Å². The molecule has 5 nitrogen and oxygen atoms in total. The number of nitrogens with zero attached hydrogens (tertiary/aromatic N) is 2. The van der Waals surface area contributed by atoms with Gasteiger partial charge in [0.1, 0.15) is 12.1 Å². The summed E-state index contributed by atoms with van der Waals surface area (Å²) >= 11 is 0. The average molecular weight is 239 g/mol. The number of ether oxygens (including phenoxy) is 2. The van der Waals surface area contributed by atoms with Crippen molar-refractivity contribution < 1.29 is 9.47 Å². The van der Waals surface area contributed by atoms with Crippen LogP contribution in [-0.2, 0) is 4.74 Å². The van der Waals surface area contributed by atoms with Gasteiger partial charge in [-0.3, -0.25) is 0 Å². The van der Waals surface area contributed by atoms with Gasteiger partial charge in [0, 0.05) is 25.8 Å². The van der Waals surface area contributed by atoms with E-state index in [0.29, 0.717) is 11.9 Å². The van der Waals surface area contributed by atoms with E-state index >= 15 is 0 Å². The van der Waals surface area contributed by atoms with E-state index in [1.807, 2.05) is 19.9 Å². The molecule has 0 aromatic carbocycles. The SMILES string of the molecule is COCCC(C)Nc1cc(OC(C)C)ncn1. The van der Waals surface area contributed by atoms with Gasteiger partial charge in [0.15, 0.2) is 0 Å². The molecule has 0 fully saturated rings. The standard InChI is InChI=1S/C12H21N3O2/c1-9(2)17-12-7-11(13-8-14-12)15-10(3)5-6-16-4/h7-10H,5-6H2,1-4H3,(H,13,14,15). The van der Waals surface area contributed by atoms with Crippen LogP contribution in [0.15, 0.2) is 12.4 Å². The zero-order valence-corrected chi connectivity index (χ0v) is 10.9. The minimum atomic E-state index is 0.115. The maximum Gasteiger partial charge on any atom is 0.218 e. The molecule has 0 radical (unpaired) electrons. The summed E-state index contributed by atoms with van der Waals surface area (Å²) in [6, 6.07) is 2.11. The van der Waals surface area contributed by atoms with Crippen molar-refractivity contribution in [3.05, 3.63) is 12.4 Å². The number of nitrogens with one attached hydrogen (secondary N) is 1. The van der Waals surface area contributed by atoms with Crippen LogP contribution in [0.25, 0.3) is 0 Å². The van der Waals surface area contributed by atoms with Crippen molar-refractivity contribution in [2.24, 2.45) is 0 Å². The Morgan fingerprint density at radius 3 is 2.71 bits per heavy atom. The monoisotopic (exact) mass is 239 g/mol. The van der Waals surface area contributed by atoms with Crippen LogP contribution in [0.3, 0.4) is 0 Å². The Hall–Kier alpha value is -1.36. The molecule has 0 aliphatic heterocycles. The molecule has 1 unspecified atom stereocenters. The van der Waals surface area contributed by atoms with Gasteiger partial charge in [-0.1, -0.05) is 0 Å². The van der Waals surface area contributed by atoms with Gasteiger partial charge in [0.25, 0.3) is 0 Å². The molecule has 1 rings (SSSR count). The molecule has 1 aromatic rings. The molecule has 0 bridgehead atoms. The van der Waals surface area contributed by atoms with E-state index in [0.717, 1.165) is 18.8 Å². The summed E-state index contributed by atoms with van der Waals surface area (Å²) < 4.78 is 10.5. The van der Waals surface area contributed by atoms with Crippen molar-refractivity contribution in [1.82, 2.24) is 9.97 Å². The van der Waals surface area contributed by atoms with Crippen molar-refractivity contribution in [2.75, 3.05) is 19.0 Å². The van der Waals surface area contributed by atoms with Crippen LogP contribution in [-0.4, -0.2) is 35.8 Å². The van der Waals surface area contributed by atoms with Crippen LogP contribution >= 0.6 is 0 Å². The number of rotatable bonds is 7. The van der Waals surface area contributed by atoms with Gasteiger partial charge in [-0.05, 0) is 27.2 Å². The highest BCUT2D eigenvalue weighted by Crippen LogP contribution is 2.13. The molecule has 0 saturated carbocycles. The summed E-state index contributed by atoms with van der Waals surface area (Å²) in [6.07, 6.45) is 2.55. The average Bonchev–Trinajstić information content (AvgIpc) is 2.26. The molecule has 1 N–H and O–H groups in total. The van der Waals surface area contributed by atoms with E-state index in [2.05, 4.69) is 22.2 Å². The maximum atomic E-state index is 5.50. The van der Waals surface area contributed by atoms with E-state index in [9.17, 15) is 0 Å². The molecule has 0 spiro atoms. The minimum Gasteiger partial charge on any atom is -0.475 e. The number of methoxy groups -OCH3 is 1. The summed E-state index contributed by atoms with van der Waals surface area (Å²) in [5.41, 5.74) is 0. The normalized spacial score (nSPS) is 12.5. The van der Waals surface area contributed by atoms with Crippen LogP contribution in [0.2, 0.25) is 0 Å². The predicted molar refractivity (Wildman–Crippen MR) is 67.4 cm³/mol. The van der Waals surface area contributed by atoms with Crippen LogP contribution in [0.4, 0.5) is 5.82 Å². The van der Waals surface area contributed by atoms with Gasteiger partial charge >= 0.3 is 0 Å². The first-order chi connectivity index (χ1) is 8.11. The van der Waals surface area contributed by atoms with Crippen LogP contribution in [0.5, 0.6) is 5.88 Å². The molecular formula is C12H21N3O2. The molecule has 0 saturated heterocycles. The van der Waals surface area contributed by atoms with Crippen molar-refractivity contribution >= 4 is 5.82 Å². The second-order valence-corrected chi connectivity index (χ2v) is 4.23. The fourth-order valence-electron chi connectivity index (χ4n) is 1.34. The quantitative estimate of drug-likeness (QED) is 0.789. The number of hydrogen-bond donors (Lipinski definition) is 1. The fourth-order valence-corrected chi connectivity index (χ4v) is 1.34. The molecule has 5 heteroatoms. The Morgan fingerprint density at radius 2 is 2.06 bits per heavy atom. The first-order valence-electron chi connectivity index (χ1n) is 5.86. The Kier molecular flexibility index (Phi) is 5.69. The molecule has 1 atom stereocenters. The lowest BCUT2D eigenvalue weighted by molar-refractivity contribution is 0.191. The van der Waals surface area contributed by atoms with Crippen LogP contribution in [0.1, 0.15) is 27.2 Å². The summed E-state index contributed by atoms with van der Waals surface area (Å²) in [6.45, 7) is 6.76. The van der Waals surface area contributed by atoms with Gasteiger partial charge < -0.3 is 14.8 Å². The highest BCUT2D eigenvalue weighted by atomic mass is 16.5. The van der Waals surface area contributed by atoms with E-state index in [1.165, 1.54) is 6.33 Å². The number of aromatic nitrogens is 2. The highest BCUT2D eigenvalue weighted by Gasteiger charge is 2.05. The molecule has 1 heterocycles. The van der Waals surface area contributed by atoms with E-state index in [4.69, 9.17) is 9.47 Å². The molecule has 1 aromatic heterocycles. The molecule has 0 aliphatic carbocycles. The fraction of sp³-hybridized carbons (Fsp3) is 0.667. The van der Waals surface area contributed by atoms with E-state index in [-0.39, 0.29) is 6.10 Å². The first-order valence-corrected chi connectivity index (χ1v) is 5.86. The summed E-state index contributed by atoms with van der Waals surface area (Å²) in [5.74, 6) is 1.37. The predicted octanol–water partition coefficient (Wildman–Crippen LogP) is 2.10. The molecule has 96 valence electrons. The lowest BCUT2D eigenvalue weighted by Crippen LogP contribution is -2.18. The third-order valence-corrected chi connectivity index (χ3v) is 2.15. The zero-order chi connectivity index (χ0) is 12.7. The summed E-state index contributed by atoms with van der Waals surface area (Å²) in [7, 11) is 1.70.